The molecule has 0 spiro atoms. The van der Waals surface area contributed by atoms with Crippen LogP contribution >= 0.6 is 0 Å². The molecule has 0 bridgehead atoms. The summed E-state index contributed by atoms with van der Waals surface area (Å²) in [6.45, 7) is 7.44. The molecular weight excluding hydrogens is 152 g/mol. The molecule has 1 aliphatic heterocycles. The Balaban J connectivity index is 2.15. The lowest BCUT2D eigenvalue weighted by atomic mass is 10.3. The van der Waals surface area contributed by atoms with Crippen molar-refractivity contribution in [2.45, 2.75) is 33.0 Å². The van der Waals surface area contributed by atoms with E-state index in [2.05, 4.69) is 28.8 Å². The summed E-state index contributed by atoms with van der Waals surface area (Å²) in [4.78, 5) is 6.61. The summed E-state index contributed by atoms with van der Waals surface area (Å²) in [5.74, 6) is 1.09. The minimum atomic E-state index is 0.607. The van der Waals surface area contributed by atoms with Gasteiger partial charge < -0.3 is 0 Å². The number of rotatable bonds is 1. The average molecular weight is 166 g/mol. The SMILES string of the molecule is CC(C)N1CCn2ncnc2C1. The van der Waals surface area contributed by atoms with Crippen LogP contribution in [0.25, 0.3) is 0 Å². The Morgan fingerprint density at radius 3 is 3.00 bits per heavy atom. The number of hydrogen-bond acceptors (Lipinski definition) is 3. The normalized spacial score (nSPS) is 18.2. The molecule has 2 heterocycles. The predicted molar refractivity (Wildman–Crippen MR) is 45.6 cm³/mol. The molecule has 0 fully saturated rings. The minimum Gasteiger partial charge on any atom is -0.292 e. The van der Waals surface area contributed by atoms with Gasteiger partial charge in [0.25, 0.3) is 0 Å². The topological polar surface area (TPSA) is 34.0 Å². The van der Waals surface area contributed by atoms with Gasteiger partial charge in [-0.2, -0.15) is 5.10 Å². The second-order valence-corrected chi connectivity index (χ2v) is 3.46. The van der Waals surface area contributed by atoms with Crippen molar-refractivity contribution in [3.05, 3.63) is 12.2 Å². The molecule has 1 aliphatic rings. The first-order valence-corrected chi connectivity index (χ1v) is 4.38. The van der Waals surface area contributed by atoms with Gasteiger partial charge >= 0.3 is 0 Å². The number of nitrogens with zero attached hydrogens (tertiary/aromatic N) is 4. The van der Waals surface area contributed by atoms with Crippen LogP contribution in [0.3, 0.4) is 0 Å². The number of hydrogen-bond donors (Lipinski definition) is 0. The molecule has 0 amide bonds. The van der Waals surface area contributed by atoms with Gasteiger partial charge in [0.2, 0.25) is 0 Å². The first-order valence-electron chi connectivity index (χ1n) is 4.38. The van der Waals surface area contributed by atoms with Crippen molar-refractivity contribution in [1.82, 2.24) is 19.7 Å². The summed E-state index contributed by atoms with van der Waals surface area (Å²) in [6, 6.07) is 0.607. The maximum Gasteiger partial charge on any atom is 0.141 e. The molecule has 0 unspecified atom stereocenters. The Morgan fingerprint density at radius 2 is 2.25 bits per heavy atom. The van der Waals surface area contributed by atoms with E-state index in [9.17, 15) is 0 Å². The van der Waals surface area contributed by atoms with Gasteiger partial charge in [-0.15, -0.1) is 0 Å². The highest BCUT2D eigenvalue weighted by molar-refractivity contribution is 4.89. The van der Waals surface area contributed by atoms with Crippen molar-refractivity contribution in [2.24, 2.45) is 0 Å². The molecular formula is C8H14N4. The molecule has 66 valence electrons. The Hall–Kier alpha value is -0.900. The van der Waals surface area contributed by atoms with E-state index in [4.69, 9.17) is 0 Å². The molecule has 1 aromatic rings. The average Bonchev–Trinajstić information content (AvgIpc) is 2.49. The van der Waals surface area contributed by atoms with Gasteiger partial charge in [-0.1, -0.05) is 0 Å². The van der Waals surface area contributed by atoms with Crippen molar-refractivity contribution in [3.8, 4) is 0 Å². The van der Waals surface area contributed by atoms with Crippen LogP contribution in [0.4, 0.5) is 0 Å². The Morgan fingerprint density at radius 1 is 1.42 bits per heavy atom. The van der Waals surface area contributed by atoms with E-state index in [1.807, 2.05) is 4.68 Å². The molecule has 0 saturated carbocycles. The summed E-state index contributed by atoms with van der Waals surface area (Å²) in [7, 11) is 0. The van der Waals surface area contributed by atoms with Gasteiger partial charge in [0, 0.05) is 12.6 Å². The van der Waals surface area contributed by atoms with Crippen molar-refractivity contribution < 1.29 is 0 Å². The molecule has 12 heavy (non-hydrogen) atoms. The van der Waals surface area contributed by atoms with E-state index in [1.54, 1.807) is 6.33 Å². The molecule has 0 aromatic carbocycles. The second-order valence-electron chi connectivity index (χ2n) is 3.46. The van der Waals surface area contributed by atoms with Crippen LogP contribution in [0.5, 0.6) is 0 Å². The molecule has 4 nitrogen and oxygen atoms in total. The highest BCUT2D eigenvalue weighted by Crippen LogP contribution is 2.10. The molecule has 2 rings (SSSR count). The summed E-state index contributed by atoms with van der Waals surface area (Å²) < 4.78 is 1.98. The number of aromatic nitrogens is 3. The Labute approximate surface area is 72.2 Å². The lowest BCUT2D eigenvalue weighted by Gasteiger charge is -2.29. The predicted octanol–water partition coefficient (Wildman–Crippen LogP) is 0.502. The Bertz CT molecular complexity index is 266. The fraction of sp³-hybridized carbons (Fsp3) is 0.750. The largest absolute Gasteiger partial charge is 0.292 e. The first kappa shape index (κ1) is 7.73. The van der Waals surface area contributed by atoms with E-state index >= 15 is 0 Å². The zero-order valence-electron chi connectivity index (χ0n) is 7.56. The van der Waals surface area contributed by atoms with Crippen LogP contribution in [0.2, 0.25) is 0 Å². The molecule has 0 N–H and O–H groups in total. The van der Waals surface area contributed by atoms with Crippen LogP contribution in [0.15, 0.2) is 6.33 Å². The summed E-state index contributed by atoms with van der Waals surface area (Å²) in [5.41, 5.74) is 0. The van der Waals surface area contributed by atoms with Crippen LogP contribution in [-0.2, 0) is 13.1 Å². The molecule has 0 atom stereocenters. The number of fused-ring (bicyclic) bond motifs is 1. The maximum absolute atomic E-state index is 4.20. The van der Waals surface area contributed by atoms with Crippen molar-refractivity contribution in [1.29, 1.82) is 0 Å². The fourth-order valence-corrected chi connectivity index (χ4v) is 1.52. The molecule has 0 saturated heterocycles. The third-order valence-corrected chi connectivity index (χ3v) is 2.37. The molecule has 1 aromatic heterocycles. The zero-order valence-corrected chi connectivity index (χ0v) is 7.56. The third kappa shape index (κ3) is 1.22. The fourth-order valence-electron chi connectivity index (χ4n) is 1.52. The standard InChI is InChI=1S/C8H14N4/c1-7(2)11-3-4-12-8(5-11)9-6-10-12/h6-7H,3-5H2,1-2H3. The highest BCUT2D eigenvalue weighted by atomic mass is 15.4. The highest BCUT2D eigenvalue weighted by Gasteiger charge is 2.18. The van der Waals surface area contributed by atoms with Gasteiger partial charge in [-0.25, -0.2) is 9.67 Å². The Kier molecular flexibility index (Phi) is 1.84. The van der Waals surface area contributed by atoms with Gasteiger partial charge in [0.05, 0.1) is 13.1 Å². The summed E-state index contributed by atoms with van der Waals surface area (Å²) in [5, 5.41) is 4.13. The smallest absolute Gasteiger partial charge is 0.141 e. The maximum atomic E-state index is 4.20. The van der Waals surface area contributed by atoms with Gasteiger partial charge in [0.15, 0.2) is 0 Å². The second kappa shape index (κ2) is 2.86. The minimum absolute atomic E-state index is 0.607. The van der Waals surface area contributed by atoms with Crippen molar-refractivity contribution in [3.63, 3.8) is 0 Å². The van der Waals surface area contributed by atoms with Crippen molar-refractivity contribution >= 4 is 0 Å². The van der Waals surface area contributed by atoms with Crippen LogP contribution in [0, 0.1) is 0 Å². The van der Waals surface area contributed by atoms with Crippen molar-refractivity contribution in [2.75, 3.05) is 6.54 Å². The van der Waals surface area contributed by atoms with Gasteiger partial charge in [-0.3, -0.25) is 4.90 Å². The molecule has 0 radical (unpaired) electrons. The van der Waals surface area contributed by atoms with E-state index in [0.717, 1.165) is 25.5 Å². The van der Waals surface area contributed by atoms with E-state index in [1.165, 1.54) is 0 Å². The monoisotopic (exact) mass is 166 g/mol. The van der Waals surface area contributed by atoms with Gasteiger partial charge in [-0.05, 0) is 13.8 Å². The van der Waals surface area contributed by atoms with E-state index in [-0.39, 0.29) is 0 Å². The summed E-state index contributed by atoms with van der Waals surface area (Å²) >= 11 is 0. The lowest BCUT2D eigenvalue weighted by molar-refractivity contribution is 0.167. The third-order valence-electron chi connectivity index (χ3n) is 2.37. The molecule has 0 aliphatic carbocycles. The van der Waals surface area contributed by atoms with E-state index in [0.29, 0.717) is 6.04 Å². The zero-order chi connectivity index (χ0) is 8.55. The quantitative estimate of drug-likeness (QED) is 0.609. The van der Waals surface area contributed by atoms with Gasteiger partial charge in [0.1, 0.15) is 12.2 Å². The first-order chi connectivity index (χ1) is 5.77. The van der Waals surface area contributed by atoms with Crippen LogP contribution in [0.1, 0.15) is 19.7 Å². The molecule has 4 heteroatoms. The lowest BCUT2D eigenvalue weighted by Crippen LogP contribution is -2.38. The van der Waals surface area contributed by atoms with Crippen LogP contribution in [-0.4, -0.2) is 32.3 Å². The summed E-state index contributed by atoms with van der Waals surface area (Å²) in [6.07, 6.45) is 1.64. The van der Waals surface area contributed by atoms with E-state index < -0.39 is 0 Å². The van der Waals surface area contributed by atoms with Crippen LogP contribution < -0.4 is 0 Å².